The van der Waals surface area contributed by atoms with Gasteiger partial charge in [-0.3, -0.25) is 4.79 Å². The van der Waals surface area contributed by atoms with Crippen molar-refractivity contribution >= 4 is 11.9 Å². The average molecular weight is 381 g/mol. The Labute approximate surface area is 153 Å². The monoisotopic (exact) mass is 381 g/mol. The molecule has 3 rings (SSSR count). The molecule has 0 aliphatic carbocycles. The van der Waals surface area contributed by atoms with Gasteiger partial charge in [0.25, 0.3) is 5.91 Å². The summed E-state index contributed by atoms with van der Waals surface area (Å²) in [6.45, 7) is 2.76. The van der Waals surface area contributed by atoms with Crippen LogP contribution in [0.4, 0.5) is 13.2 Å². The molecule has 1 aromatic carbocycles. The Bertz CT molecular complexity index is 837. The number of alkyl halides is 3. The zero-order valence-electron chi connectivity index (χ0n) is 14.6. The van der Waals surface area contributed by atoms with Crippen LogP contribution in [0.3, 0.4) is 0 Å². The van der Waals surface area contributed by atoms with Crippen molar-refractivity contribution in [2.24, 2.45) is 0 Å². The zero-order chi connectivity index (χ0) is 19.6. The van der Waals surface area contributed by atoms with E-state index < -0.39 is 23.8 Å². The summed E-state index contributed by atoms with van der Waals surface area (Å²) in [4.78, 5) is 26.0. The first-order chi connectivity index (χ1) is 12.8. The van der Waals surface area contributed by atoms with E-state index in [1.807, 2.05) is 0 Å². The number of ether oxygens (including phenoxy) is 1. The van der Waals surface area contributed by atoms with Gasteiger partial charge in [-0.1, -0.05) is 12.1 Å². The molecule has 144 valence electrons. The third-order valence-electron chi connectivity index (χ3n) is 4.33. The van der Waals surface area contributed by atoms with Gasteiger partial charge in [-0.2, -0.15) is 13.2 Å². The van der Waals surface area contributed by atoms with E-state index in [1.54, 1.807) is 4.90 Å². The Morgan fingerprint density at radius 3 is 2.52 bits per heavy atom. The van der Waals surface area contributed by atoms with Crippen LogP contribution in [0.15, 0.2) is 40.8 Å². The van der Waals surface area contributed by atoms with Gasteiger partial charge in [0.15, 0.2) is 6.10 Å². The summed E-state index contributed by atoms with van der Waals surface area (Å²) in [5.74, 6) is -1.19. The molecular weight excluding hydrogens is 363 g/mol. The van der Waals surface area contributed by atoms with Gasteiger partial charge in [-0.15, -0.1) is 0 Å². The Morgan fingerprint density at radius 1 is 1.15 bits per heavy atom. The van der Waals surface area contributed by atoms with Crippen LogP contribution in [0.2, 0.25) is 0 Å². The number of halogens is 3. The summed E-state index contributed by atoms with van der Waals surface area (Å²) in [6, 6.07) is 7.29. The molecule has 0 bridgehead atoms. The lowest BCUT2D eigenvalue weighted by Gasteiger charge is -2.19. The van der Waals surface area contributed by atoms with Crippen LogP contribution in [0.25, 0.3) is 11.3 Å². The second-order valence-electron chi connectivity index (χ2n) is 6.32. The third-order valence-corrected chi connectivity index (χ3v) is 4.33. The van der Waals surface area contributed by atoms with Crippen LogP contribution in [-0.2, 0) is 15.7 Å². The topological polar surface area (TPSA) is 59.8 Å². The first kappa shape index (κ1) is 19.0. The fraction of sp³-hybridized carbons (Fsp3) is 0.368. The number of benzene rings is 1. The van der Waals surface area contributed by atoms with Crippen molar-refractivity contribution in [3.8, 4) is 11.3 Å². The lowest BCUT2D eigenvalue weighted by Crippen LogP contribution is -2.38. The number of hydrogen-bond donors (Lipinski definition) is 0. The molecule has 0 spiro atoms. The van der Waals surface area contributed by atoms with E-state index in [2.05, 4.69) is 0 Å². The van der Waals surface area contributed by atoms with E-state index in [0.717, 1.165) is 25.0 Å². The molecular formula is C19H18F3NO4. The Morgan fingerprint density at radius 2 is 1.85 bits per heavy atom. The molecule has 0 radical (unpaired) electrons. The molecule has 2 aromatic rings. The maximum absolute atomic E-state index is 12.8. The second-order valence-corrected chi connectivity index (χ2v) is 6.32. The molecule has 8 heteroatoms. The Balaban J connectivity index is 1.70. The molecule has 1 atom stereocenters. The molecule has 1 fully saturated rings. The number of nitrogens with zero attached hydrogens (tertiary/aromatic N) is 1. The highest BCUT2D eigenvalue weighted by molar-refractivity contribution is 5.90. The van der Waals surface area contributed by atoms with E-state index in [1.165, 1.54) is 31.2 Å². The second kappa shape index (κ2) is 7.46. The molecule has 1 aromatic heterocycles. The predicted octanol–water partition coefficient (Wildman–Crippen LogP) is 4.13. The van der Waals surface area contributed by atoms with Gasteiger partial charge in [-0.05, 0) is 44.0 Å². The fourth-order valence-electron chi connectivity index (χ4n) is 2.92. The number of rotatable bonds is 4. The molecule has 1 unspecified atom stereocenters. The number of likely N-dealkylation sites (tertiary alicyclic amines) is 1. The highest BCUT2D eigenvalue weighted by Crippen LogP contribution is 2.32. The standard InChI is InChI=1S/C19H18F3NO4/c1-12(17(24)23-9-2-3-10-23)26-18(25)16-8-7-15(27-16)13-5-4-6-14(11-13)19(20,21)22/h4-8,11-12H,2-3,9-10H2,1H3. The smallest absolute Gasteiger partial charge is 0.416 e. The van der Waals surface area contributed by atoms with E-state index in [-0.39, 0.29) is 23.0 Å². The van der Waals surface area contributed by atoms with Crippen molar-refractivity contribution in [1.29, 1.82) is 0 Å². The lowest BCUT2D eigenvalue weighted by atomic mass is 10.1. The number of hydrogen-bond acceptors (Lipinski definition) is 4. The first-order valence-corrected chi connectivity index (χ1v) is 8.53. The van der Waals surface area contributed by atoms with Crippen LogP contribution in [0.5, 0.6) is 0 Å². The number of carbonyl (C=O) groups excluding carboxylic acids is 2. The summed E-state index contributed by atoms with van der Waals surface area (Å²) in [7, 11) is 0. The molecule has 1 saturated heterocycles. The predicted molar refractivity (Wildman–Crippen MR) is 89.8 cm³/mol. The largest absolute Gasteiger partial charge is 0.449 e. The van der Waals surface area contributed by atoms with Gasteiger partial charge in [0.2, 0.25) is 5.76 Å². The van der Waals surface area contributed by atoms with Crippen molar-refractivity contribution in [3.05, 3.63) is 47.7 Å². The minimum atomic E-state index is -4.48. The molecule has 1 amide bonds. The summed E-state index contributed by atoms with van der Waals surface area (Å²) in [5.41, 5.74) is -0.629. The van der Waals surface area contributed by atoms with Crippen molar-refractivity contribution in [2.75, 3.05) is 13.1 Å². The Kier molecular flexibility index (Phi) is 5.25. The van der Waals surface area contributed by atoms with Gasteiger partial charge >= 0.3 is 12.1 Å². The lowest BCUT2D eigenvalue weighted by molar-refractivity contribution is -0.139. The van der Waals surface area contributed by atoms with Gasteiger partial charge in [-0.25, -0.2) is 4.79 Å². The molecule has 1 aliphatic heterocycles. The quantitative estimate of drug-likeness (QED) is 0.747. The van der Waals surface area contributed by atoms with Crippen LogP contribution >= 0.6 is 0 Å². The summed E-state index contributed by atoms with van der Waals surface area (Å²) in [5, 5.41) is 0. The number of esters is 1. The molecule has 0 N–H and O–H groups in total. The average Bonchev–Trinajstić information content (AvgIpc) is 3.32. The molecule has 0 saturated carbocycles. The highest BCUT2D eigenvalue weighted by Gasteiger charge is 2.31. The molecule has 27 heavy (non-hydrogen) atoms. The van der Waals surface area contributed by atoms with E-state index >= 15 is 0 Å². The zero-order valence-corrected chi connectivity index (χ0v) is 14.6. The highest BCUT2D eigenvalue weighted by atomic mass is 19.4. The van der Waals surface area contributed by atoms with E-state index in [9.17, 15) is 22.8 Å². The minimum absolute atomic E-state index is 0.103. The van der Waals surface area contributed by atoms with E-state index in [4.69, 9.17) is 9.15 Å². The van der Waals surface area contributed by atoms with Crippen molar-refractivity contribution in [2.45, 2.75) is 32.0 Å². The van der Waals surface area contributed by atoms with E-state index in [0.29, 0.717) is 13.1 Å². The summed E-state index contributed by atoms with van der Waals surface area (Å²) < 4.78 is 48.9. The molecule has 1 aliphatic rings. The van der Waals surface area contributed by atoms with Crippen molar-refractivity contribution in [1.82, 2.24) is 4.90 Å². The van der Waals surface area contributed by atoms with Crippen LogP contribution < -0.4 is 0 Å². The summed E-state index contributed by atoms with van der Waals surface area (Å²) >= 11 is 0. The number of carbonyl (C=O) groups is 2. The Hall–Kier alpha value is -2.77. The normalized spacial score (nSPS) is 15.6. The van der Waals surface area contributed by atoms with Crippen molar-refractivity contribution < 1.29 is 31.9 Å². The van der Waals surface area contributed by atoms with Gasteiger partial charge < -0.3 is 14.1 Å². The van der Waals surface area contributed by atoms with Crippen molar-refractivity contribution in [3.63, 3.8) is 0 Å². The fourth-order valence-corrected chi connectivity index (χ4v) is 2.92. The number of amides is 1. The molecule has 2 heterocycles. The van der Waals surface area contributed by atoms with Crippen LogP contribution in [0, 0.1) is 0 Å². The van der Waals surface area contributed by atoms with Gasteiger partial charge in [0, 0.05) is 18.7 Å². The van der Waals surface area contributed by atoms with Crippen LogP contribution in [-0.4, -0.2) is 36.0 Å². The minimum Gasteiger partial charge on any atom is -0.449 e. The van der Waals surface area contributed by atoms with Gasteiger partial charge in [0.05, 0.1) is 5.56 Å². The maximum atomic E-state index is 12.8. The molecule has 5 nitrogen and oxygen atoms in total. The number of furan rings is 1. The SMILES string of the molecule is CC(OC(=O)c1ccc(-c2cccc(C(F)(F)F)c2)o1)C(=O)N1CCCC1. The first-order valence-electron chi connectivity index (χ1n) is 8.53. The van der Waals surface area contributed by atoms with Gasteiger partial charge in [0.1, 0.15) is 5.76 Å². The van der Waals surface area contributed by atoms with Crippen LogP contribution in [0.1, 0.15) is 35.9 Å². The maximum Gasteiger partial charge on any atom is 0.416 e. The third kappa shape index (κ3) is 4.32. The summed E-state index contributed by atoms with van der Waals surface area (Å²) in [6.07, 6.45) is -3.59.